The summed E-state index contributed by atoms with van der Waals surface area (Å²) in [5.41, 5.74) is 0. The van der Waals surface area contributed by atoms with Gasteiger partial charge in [0.1, 0.15) is 6.04 Å². The number of carbonyl (C=O) groups is 2. The number of carbonyl (C=O) groups excluding carboxylic acids is 1. The topological polar surface area (TPSA) is 64.1 Å². The Bertz CT molecular complexity index is 378. The highest BCUT2D eigenvalue weighted by molar-refractivity contribution is 5.82. The Kier molecular flexibility index (Phi) is 5.45. The monoisotopic (exact) mass is 297 g/mol. The van der Waals surface area contributed by atoms with Crippen LogP contribution in [0.15, 0.2) is 0 Å². The number of hydrogen-bond donors (Lipinski definition) is 1. The van der Waals surface area contributed by atoms with Gasteiger partial charge in [-0.05, 0) is 39.8 Å². The number of piperidine rings is 1. The maximum absolute atomic E-state index is 12.7. The zero-order valence-corrected chi connectivity index (χ0v) is 13.1. The minimum absolute atomic E-state index is 0.0819. The third kappa shape index (κ3) is 3.87. The molecule has 2 heterocycles. The van der Waals surface area contributed by atoms with E-state index in [0.29, 0.717) is 19.0 Å². The molecular weight excluding hydrogens is 270 g/mol. The number of urea groups is 1. The van der Waals surface area contributed by atoms with Gasteiger partial charge in [0.15, 0.2) is 0 Å². The van der Waals surface area contributed by atoms with Crippen LogP contribution in [0.1, 0.15) is 38.5 Å². The van der Waals surface area contributed by atoms with E-state index in [1.807, 2.05) is 4.90 Å². The van der Waals surface area contributed by atoms with Gasteiger partial charge in [-0.25, -0.2) is 9.59 Å². The summed E-state index contributed by atoms with van der Waals surface area (Å²) in [7, 11) is 4.13. The van der Waals surface area contributed by atoms with Gasteiger partial charge in [0, 0.05) is 25.7 Å². The van der Waals surface area contributed by atoms with Crippen LogP contribution in [0.2, 0.25) is 0 Å². The van der Waals surface area contributed by atoms with Crippen LogP contribution in [0, 0.1) is 0 Å². The molecule has 21 heavy (non-hydrogen) atoms. The lowest BCUT2D eigenvalue weighted by Gasteiger charge is -2.39. The lowest BCUT2D eigenvalue weighted by molar-refractivity contribution is -0.142. The molecule has 0 aromatic rings. The van der Waals surface area contributed by atoms with Crippen LogP contribution in [0.3, 0.4) is 0 Å². The number of carboxylic acids is 1. The van der Waals surface area contributed by atoms with Crippen molar-refractivity contribution >= 4 is 12.0 Å². The van der Waals surface area contributed by atoms with Crippen LogP contribution in [-0.4, -0.2) is 77.6 Å². The summed E-state index contributed by atoms with van der Waals surface area (Å²) in [4.78, 5) is 29.7. The number of carboxylic acid groups (broad SMARTS) is 1. The van der Waals surface area contributed by atoms with Crippen molar-refractivity contribution in [3.8, 4) is 0 Å². The second-order valence-electron chi connectivity index (χ2n) is 6.36. The Morgan fingerprint density at radius 3 is 2.24 bits per heavy atom. The molecule has 0 aromatic carbocycles. The van der Waals surface area contributed by atoms with Crippen molar-refractivity contribution in [2.24, 2.45) is 0 Å². The second-order valence-corrected chi connectivity index (χ2v) is 6.36. The summed E-state index contributed by atoms with van der Waals surface area (Å²) in [6, 6.07) is -0.207. The Morgan fingerprint density at radius 2 is 1.67 bits per heavy atom. The third-order valence-electron chi connectivity index (χ3n) is 4.75. The Hall–Kier alpha value is -1.30. The fraction of sp³-hybridized carbons (Fsp3) is 0.867. The molecule has 0 aliphatic carbocycles. The summed E-state index contributed by atoms with van der Waals surface area (Å²) in [5.74, 6) is -0.867. The van der Waals surface area contributed by atoms with E-state index in [0.717, 1.165) is 45.2 Å². The summed E-state index contributed by atoms with van der Waals surface area (Å²) < 4.78 is 0. The molecule has 120 valence electrons. The number of rotatable bonds is 2. The fourth-order valence-corrected chi connectivity index (χ4v) is 3.35. The van der Waals surface area contributed by atoms with Gasteiger partial charge in [-0.3, -0.25) is 0 Å². The molecule has 6 nitrogen and oxygen atoms in total. The first-order chi connectivity index (χ1) is 10.0. The molecule has 0 bridgehead atoms. The van der Waals surface area contributed by atoms with Crippen LogP contribution in [0.4, 0.5) is 4.79 Å². The highest BCUT2D eigenvalue weighted by atomic mass is 16.4. The molecular formula is C15H27N3O3. The quantitative estimate of drug-likeness (QED) is 0.838. The molecule has 1 unspecified atom stereocenters. The lowest BCUT2D eigenvalue weighted by atomic mass is 10.0. The standard InChI is InChI=1S/C15H27N3O3/c1-16(2)12-7-10-17(11-8-12)15(21)18-9-5-3-4-6-13(18)14(19)20/h12-13H,3-11H2,1-2H3,(H,19,20). The molecule has 1 N–H and O–H groups in total. The van der Waals surface area contributed by atoms with Crippen molar-refractivity contribution in [3.63, 3.8) is 0 Å². The van der Waals surface area contributed by atoms with E-state index in [9.17, 15) is 14.7 Å². The van der Waals surface area contributed by atoms with Crippen LogP contribution < -0.4 is 0 Å². The minimum atomic E-state index is -0.867. The van der Waals surface area contributed by atoms with Gasteiger partial charge >= 0.3 is 12.0 Å². The molecule has 6 heteroatoms. The van der Waals surface area contributed by atoms with Gasteiger partial charge in [0.25, 0.3) is 0 Å². The summed E-state index contributed by atoms with van der Waals surface area (Å²) in [6.45, 7) is 2.03. The predicted molar refractivity (Wildman–Crippen MR) is 80.3 cm³/mol. The largest absolute Gasteiger partial charge is 0.480 e. The van der Waals surface area contributed by atoms with Crippen LogP contribution in [0.25, 0.3) is 0 Å². The normalized spacial score (nSPS) is 25.0. The molecule has 2 rings (SSSR count). The van der Waals surface area contributed by atoms with E-state index in [-0.39, 0.29) is 6.03 Å². The van der Waals surface area contributed by atoms with Crippen molar-refractivity contribution in [3.05, 3.63) is 0 Å². The van der Waals surface area contributed by atoms with Crippen molar-refractivity contribution in [2.45, 2.75) is 50.6 Å². The maximum Gasteiger partial charge on any atom is 0.326 e. The second kappa shape index (κ2) is 7.11. The van der Waals surface area contributed by atoms with Gasteiger partial charge in [-0.1, -0.05) is 12.8 Å². The van der Waals surface area contributed by atoms with Crippen molar-refractivity contribution in [1.29, 1.82) is 0 Å². The summed E-state index contributed by atoms with van der Waals surface area (Å²) >= 11 is 0. The first-order valence-corrected chi connectivity index (χ1v) is 7.95. The van der Waals surface area contributed by atoms with Gasteiger partial charge < -0.3 is 19.8 Å². The van der Waals surface area contributed by atoms with E-state index in [1.165, 1.54) is 0 Å². The van der Waals surface area contributed by atoms with Crippen LogP contribution in [-0.2, 0) is 4.79 Å². The summed E-state index contributed by atoms with van der Waals surface area (Å²) in [6.07, 6.45) is 5.31. The summed E-state index contributed by atoms with van der Waals surface area (Å²) in [5, 5.41) is 9.38. The highest BCUT2D eigenvalue weighted by Gasteiger charge is 2.34. The molecule has 2 amide bonds. The molecule has 2 aliphatic rings. The SMILES string of the molecule is CN(C)C1CCN(C(=O)N2CCCCCC2C(=O)O)CC1. The Labute approximate surface area is 126 Å². The maximum atomic E-state index is 12.7. The Balaban J connectivity index is 1.99. The first kappa shape index (κ1) is 16.1. The van der Waals surface area contributed by atoms with E-state index in [4.69, 9.17) is 0 Å². The number of amides is 2. The molecule has 0 aromatic heterocycles. The van der Waals surface area contributed by atoms with Gasteiger partial charge in [-0.15, -0.1) is 0 Å². The molecule has 2 saturated heterocycles. The van der Waals surface area contributed by atoms with E-state index >= 15 is 0 Å². The fourth-order valence-electron chi connectivity index (χ4n) is 3.35. The molecule has 0 spiro atoms. The van der Waals surface area contributed by atoms with Crippen LogP contribution >= 0.6 is 0 Å². The molecule has 0 radical (unpaired) electrons. The smallest absolute Gasteiger partial charge is 0.326 e. The number of nitrogens with zero attached hydrogens (tertiary/aromatic N) is 3. The first-order valence-electron chi connectivity index (χ1n) is 7.95. The lowest BCUT2D eigenvalue weighted by Crippen LogP contribution is -2.54. The predicted octanol–water partition coefficient (Wildman–Crippen LogP) is 1.46. The average molecular weight is 297 g/mol. The molecule has 0 saturated carbocycles. The molecule has 2 aliphatic heterocycles. The van der Waals surface area contributed by atoms with E-state index < -0.39 is 12.0 Å². The van der Waals surface area contributed by atoms with E-state index in [2.05, 4.69) is 19.0 Å². The van der Waals surface area contributed by atoms with Crippen molar-refractivity contribution < 1.29 is 14.7 Å². The molecule has 1 atom stereocenters. The average Bonchev–Trinajstić information content (AvgIpc) is 2.72. The number of likely N-dealkylation sites (tertiary alicyclic amines) is 2. The van der Waals surface area contributed by atoms with Crippen molar-refractivity contribution in [2.75, 3.05) is 33.7 Å². The van der Waals surface area contributed by atoms with Crippen molar-refractivity contribution in [1.82, 2.24) is 14.7 Å². The van der Waals surface area contributed by atoms with E-state index in [1.54, 1.807) is 4.90 Å². The number of hydrogen-bond acceptors (Lipinski definition) is 3. The zero-order valence-electron chi connectivity index (χ0n) is 13.1. The third-order valence-corrected chi connectivity index (χ3v) is 4.75. The number of aliphatic carboxylic acids is 1. The highest BCUT2D eigenvalue weighted by Crippen LogP contribution is 2.21. The van der Waals surface area contributed by atoms with Gasteiger partial charge in [0.05, 0.1) is 0 Å². The minimum Gasteiger partial charge on any atom is -0.480 e. The van der Waals surface area contributed by atoms with Gasteiger partial charge in [0.2, 0.25) is 0 Å². The Morgan fingerprint density at radius 1 is 1.00 bits per heavy atom. The van der Waals surface area contributed by atoms with Crippen LogP contribution in [0.5, 0.6) is 0 Å². The van der Waals surface area contributed by atoms with Gasteiger partial charge in [-0.2, -0.15) is 0 Å². The zero-order chi connectivity index (χ0) is 15.4. The molecule has 2 fully saturated rings.